The molecule has 0 aliphatic carbocycles. The molecule has 0 radical (unpaired) electrons. The molecular formula is C23H27ClN4O2S2. The molecule has 0 fully saturated rings. The monoisotopic (exact) mass is 490 g/mol. The lowest BCUT2D eigenvalue weighted by molar-refractivity contribution is 0.308. The maximum absolute atomic E-state index is 12.9. The summed E-state index contributed by atoms with van der Waals surface area (Å²) in [5.41, 5.74) is 3.55. The van der Waals surface area contributed by atoms with Gasteiger partial charge in [-0.25, -0.2) is 0 Å². The van der Waals surface area contributed by atoms with Gasteiger partial charge in [-0.2, -0.15) is 8.42 Å². The zero-order chi connectivity index (χ0) is 22.9. The summed E-state index contributed by atoms with van der Waals surface area (Å²) < 4.78 is 32.0. The molecule has 32 heavy (non-hydrogen) atoms. The molecule has 2 heterocycles. The van der Waals surface area contributed by atoms with E-state index in [2.05, 4.69) is 33.2 Å². The number of nitrogens with zero attached hydrogens (tertiary/aromatic N) is 1. The van der Waals surface area contributed by atoms with Gasteiger partial charge in [-0.05, 0) is 79.3 Å². The minimum atomic E-state index is -3.81. The molecule has 0 saturated heterocycles. The van der Waals surface area contributed by atoms with Crippen LogP contribution in [0.2, 0.25) is 5.02 Å². The van der Waals surface area contributed by atoms with Gasteiger partial charge in [0.15, 0.2) is 0 Å². The van der Waals surface area contributed by atoms with Crippen molar-refractivity contribution < 1.29 is 8.42 Å². The van der Waals surface area contributed by atoms with Crippen LogP contribution in [-0.4, -0.2) is 37.9 Å². The molecule has 2 aromatic heterocycles. The topological polar surface area (TPSA) is 77.2 Å². The minimum absolute atomic E-state index is 0.524. The number of benzene rings is 2. The van der Waals surface area contributed by atoms with Gasteiger partial charge in [0.25, 0.3) is 0 Å². The van der Waals surface area contributed by atoms with Crippen molar-refractivity contribution in [1.82, 2.24) is 9.88 Å². The first-order valence-corrected chi connectivity index (χ1v) is 13.3. The van der Waals surface area contributed by atoms with Crippen molar-refractivity contribution in [3.8, 4) is 0 Å². The Bertz CT molecular complexity index is 1360. The van der Waals surface area contributed by atoms with Crippen molar-refractivity contribution in [3.05, 3.63) is 58.7 Å². The lowest BCUT2D eigenvalue weighted by Crippen LogP contribution is -2.25. The Labute approximate surface area is 197 Å². The number of nitrogens with one attached hydrogen (secondary N) is 3. The molecule has 4 rings (SSSR count). The summed E-state index contributed by atoms with van der Waals surface area (Å²) in [4.78, 5) is 5.66. The predicted molar refractivity (Wildman–Crippen MR) is 138 cm³/mol. The number of hydrogen-bond acceptors (Lipinski definition) is 4. The summed E-state index contributed by atoms with van der Waals surface area (Å²) >= 11 is 7.49. The Hall–Kier alpha value is -2.26. The summed E-state index contributed by atoms with van der Waals surface area (Å²) in [7, 11) is -3.81. The van der Waals surface area contributed by atoms with Crippen LogP contribution in [0.25, 0.3) is 21.0 Å². The van der Waals surface area contributed by atoms with E-state index in [1.807, 2.05) is 37.4 Å². The number of H-pyrrole nitrogens is 1. The molecule has 0 bridgehead atoms. The molecule has 6 nitrogen and oxygen atoms in total. The zero-order valence-electron chi connectivity index (χ0n) is 18.3. The lowest BCUT2D eigenvalue weighted by Gasteiger charge is -2.17. The highest BCUT2D eigenvalue weighted by Crippen LogP contribution is 2.37. The molecule has 3 N–H and O–H groups in total. The molecule has 0 atom stereocenters. The number of anilines is 2. The fraction of sp³-hybridized carbons (Fsp3) is 0.304. The molecule has 4 aromatic rings. The Morgan fingerprint density at radius 1 is 1.06 bits per heavy atom. The van der Waals surface area contributed by atoms with E-state index in [0.29, 0.717) is 15.7 Å². The van der Waals surface area contributed by atoms with Crippen molar-refractivity contribution in [2.24, 2.45) is 0 Å². The number of thiophene rings is 1. The molecule has 0 spiro atoms. The van der Waals surface area contributed by atoms with E-state index in [4.69, 9.17) is 11.6 Å². The summed E-state index contributed by atoms with van der Waals surface area (Å²) in [6, 6.07) is 11.1. The van der Waals surface area contributed by atoms with Crippen LogP contribution in [0, 0.1) is 6.92 Å². The fourth-order valence-corrected chi connectivity index (χ4v) is 6.35. The maximum Gasteiger partial charge on any atom is 0.322 e. The second-order valence-corrected chi connectivity index (χ2v) is 10.7. The van der Waals surface area contributed by atoms with Crippen molar-refractivity contribution in [2.75, 3.05) is 29.1 Å². The minimum Gasteiger partial charge on any atom is -0.361 e. The average molecular weight is 491 g/mol. The van der Waals surface area contributed by atoms with E-state index >= 15 is 0 Å². The van der Waals surface area contributed by atoms with Crippen LogP contribution >= 0.6 is 22.9 Å². The first-order valence-electron chi connectivity index (χ1n) is 10.6. The van der Waals surface area contributed by atoms with E-state index in [-0.39, 0.29) is 0 Å². The third-order valence-corrected chi connectivity index (χ3v) is 8.27. The number of hydrogen-bond donors (Lipinski definition) is 3. The molecule has 0 amide bonds. The van der Waals surface area contributed by atoms with Crippen LogP contribution in [0.15, 0.2) is 42.6 Å². The molecule has 0 aliphatic heterocycles. The van der Waals surface area contributed by atoms with Crippen molar-refractivity contribution >= 4 is 64.8 Å². The van der Waals surface area contributed by atoms with E-state index < -0.39 is 10.2 Å². The highest BCUT2D eigenvalue weighted by molar-refractivity contribution is 7.94. The summed E-state index contributed by atoms with van der Waals surface area (Å²) in [6.45, 7) is 9.20. The van der Waals surface area contributed by atoms with Gasteiger partial charge < -0.3 is 9.88 Å². The Morgan fingerprint density at radius 2 is 1.84 bits per heavy atom. The maximum atomic E-state index is 12.9. The SMILES string of the molecule is CCN(CC)CCc1c[nH]c2ccc(NS(=O)(=O)Nc3sc4ccc(Cl)cc4c3C)cc12. The van der Waals surface area contributed by atoms with Gasteiger partial charge >= 0.3 is 10.2 Å². The van der Waals surface area contributed by atoms with Gasteiger partial charge in [-0.3, -0.25) is 9.44 Å². The molecule has 2 aromatic carbocycles. The van der Waals surface area contributed by atoms with E-state index in [9.17, 15) is 8.42 Å². The van der Waals surface area contributed by atoms with Crippen LogP contribution in [-0.2, 0) is 16.6 Å². The number of aryl methyl sites for hydroxylation is 1. The van der Waals surface area contributed by atoms with Gasteiger partial charge in [0, 0.05) is 33.4 Å². The highest BCUT2D eigenvalue weighted by atomic mass is 35.5. The first kappa shape index (κ1) is 22.9. The molecular weight excluding hydrogens is 464 g/mol. The largest absolute Gasteiger partial charge is 0.361 e. The quantitative estimate of drug-likeness (QED) is 0.269. The van der Waals surface area contributed by atoms with Crippen molar-refractivity contribution in [2.45, 2.75) is 27.2 Å². The number of aromatic nitrogens is 1. The Kier molecular flexibility index (Phi) is 6.67. The average Bonchev–Trinajstić information content (AvgIpc) is 3.29. The van der Waals surface area contributed by atoms with Crippen molar-refractivity contribution in [1.29, 1.82) is 0 Å². The number of fused-ring (bicyclic) bond motifs is 2. The van der Waals surface area contributed by atoms with Gasteiger partial charge in [0.05, 0.1) is 5.69 Å². The van der Waals surface area contributed by atoms with Crippen LogP contribution in [0.4, 0.5) is 10.7 Å². The van der Waals surface area contributed by atoms with Gasteiger partial charge in [0.2, 0.25) is 0 Å². The standard InChI is InChI=1S/C23H27ClN4O2S2/c1-4-28(5-2)11-10-16-14-25-21-8-7-18(13-20(16)21)26-32(29,30)27-23-15(3)19-12-17(24)6-9-22(19)31-23/h6-9,12-14,25-27H,4-5,10-11H2,1-3H3. The summed E-state index contributed by atoms with van der Waals surface area (Å²) in [5.74, 6) is 0. The predicted octanol–water partition coefficient (Wildman–Crippen LogP) is 6.00. The van der Waals surface area contributed by atoms with Gasteiger partial charge in [0.1, 0.15) is 5.00 Å². The molecule has 170 valence electrons. The van der Waals surface area contributed by atoms with Crippen LogP contribution in [0.1, 0.15) is 25.0 Å². The number of likely N-dealkylation sites (N-methyl/N-ethyl adjacent to an activating group) is 1. The summed E-state index contributed by atoms with van der Waals surface area (Å²) in [6.07, 6.45) is 2.91. The van der Waals surface area contributed by atoms with E-state index in [0.717, 1.165) is 52.6 Å². The second-order valence-electron chi connectivity index (χ2n) is 7.76. The van der Waals surface area contributed by atoms with Crippen LogP contribution in [0.3, 0.4) is 0 Å². The Balaban J connectivity index is 1.54. The van der Waals surface area contributed by atoms with Gasteiger partial charge in [-0.15, -0.1) is 11.3 Å². The van der Waals surface area contributed by atoms with E-state index in [1.54, 1.807) is 12.1 Å². The zero-order valence-corrected chi connectivity index (χ0v) is 20.7. The van der Waals surface area contributed by atoms with Crippen LogP contribution < -0.4 is 9.44 Å². The highest BCUT2D eigenvalue weighted by Gasteiger charge is 2.17. The second kappa shape index (κ2) is 9.31. The van der Waals surface area contributed by atoms with E-state index in [1.165, 1.54) is 16.9 Å². The lowest BCUT2D eigenvalue weighted by atomic mass is 10.1. The third kappa shape index (κ3) is 4.88. The fourth-order valence-electron chi connectivity index (χ4n) is 3.86. The smallest absolute Gasteiger partial charge is 0.322 e. The molecule has 9 heteroatoms. The third-order valence-electron chi connectivity index (χ3n) is 5.74. The molecule has 0 saturated carbocycles. The number of aromatic amines is 1. The number of rotatable bonds is 9. The number of halogens is 1. The molecule has 0 unspecified atom stereocenters. The first-order chi connectivity index (χ1) is 15.3. The Morgan fingerprint density at radius 3 is 2.59 bits per heavy atom. The van der Waals surface area contributed by atoms with Crippen LogP contribution in [0.5, 0.6) is 0 Å². The summed E-state index contributed by atoms with van der Waals surface area (Å²) in [5, 5.41) is 3.19. The molecule has 0 aliphatic rings. The normalized spacial score (nSPS) is 12.2. The van der Waals surface area contributed by atoms with Gasteiger partial charge in [-0.1, -0.05) is 25.4 Å². The van der Waals surface area contributed by atoms with Crippen molar-refractivity contribution in [3.63, 3.8) is 0 Å².